The van der Waals surface area contributed by atoms with Crippen molar-refractivity contribution in [2.75, 3.05) is 11.9 Å². The van der Waals surface area contributed by atoms with Crippen LogP contribution in [0, 0.1) is 0 Å². The molecular weight excluding hydrogens is 396 g/mol. The van der Waals surface area contributed by atoms with Crippen LogP contribution >= 0.6 is 22.7 Å². The van der Waals surface area contributed by atoms with Crippen LogP contribution in [0.25, 0.3) is 0 Å². The molecule has 0 radical (unpaired) electrons. The summed E-state index contributed by atoms with van der Waals surface area (Å²) in [7, 11) is 0. The standard InChI is InChI=1S/C20H20N2O4S2/c1-2-26-16-6-4-3-5-15(16)22-20(25)19(24)21-11-14-7-8-17(28-14)18(23)13-9-10-27-12-13/h3-10,12,18,23H,2,11H2,1H3,(H,21,24)(H,22,25). The highest BCUT2D eigenvalue weighted by Gasteiger charge is 2.17. The van der Waals surface area contributed by atoms with Crippen molar-refractivity contribution in [3.05, 3.63) is 68.5 Å². The fourth-order valence-electron chi connectivity index (χ4n) is 2.51. The lowest BCUT2D eigenvalue weighted by atomic mass is 10.2. The first-order chi connectivity index (χ1) is 13.6. The number of ether oxygens (including phenoxy) is 1. The third-order valence-corrected chi connectivity index (χ3v) is 5.71. The van der Waals surface area contributed by atoms with Gasteiger partial charge in [0.2, 0.25) is 0 Å². The molecule has 6 nitrogen and oxygen atoms in total. The summed E-state index contributed by atoms with van der Waals surface area (Å²) in [6.45, 7) is 2.51. The average Bonchev–Trinajstić information content (AvgIpc) is 3.39. The van der Waals surface area contributed by atoms with Crippen molar-refractivity contribution in [2.45, 2.75) is 19.6 Å². The second-order valence-corrected chi connectivity index (χ2v) is 7.81. The molecule has 3 rings (SSSR count). The van der Waals surface area contributed by atoms with Gasteiger partial charge in [0.1, 0.15) is 11.9 Å². The van der Waals surface area contributed by atoms with E-state index in [0.29, 0.717) is 18.0 Å². The van der Waals surface area contributed by atoms with Crippen molar-refractivity contribution in [1.82, 2.24) is 5.32 Å². The topological polar surface area (TPSA) is 87.7 Å². The van der Waals surface area contributed by atoms with Gasteiger partial charge in [-0.25, -0.2) is 0 Å². The van der Waals surface area contributed by atoms with Crippen molar-refractivity contribution in [3.63, 3.8) is 0 Å². The van der Waals surface area contributed by atoms with Gasteiger partial charge < -0.3 is 20.5 Å². The molecule has 0 fully saturated rings. The molecule has 1 atom stereocenters. The first-order valence-corrected chi connectivity index (χ1v) is 10.4. The molecule has 0 aliphatic rings. The number of hydrogen-bond donors (Lipinski definition) is 3. The molecule has 1 aromatic carbocycles. The van der Waals surface area contributed by atoms with Gasteiger partial charge >= 0.3 is 11.8 Å². The average molecular weight is 417 g/mol. The predicted octanol–water partition coefficient (Wildman–Crippen LogP) is 3.54. The second kappa shape index (κ2) is 9.50. The summed E-state index contributed by atoms with van der Waals surface area (Å²) in [6, 6.07) is 12.5. The highest BCUT2D eigenvalue weighted by Crippen LogP contribution is 2.29. The fraction of sp³-hybridized carbons (Fsp3) is 0.200. The van der Waals surface area contributed by atoms with E-state index in [1.165, 1.54) is 22.7 Å². The molecule has 0 bridgehead atoms. The maximum Gasteiger partial charge on any atom is 0.313 e. The van der Waals surface area contributed by atoms with Crippen molar-refractivity contribution in [3.8, 4) is 5.75 Å². The Morgan fingerprint density at radius 1 is 1.14 bits per heavy atom. The highest BCUT2D eigenvalue weighted by atomic mass is 32.1. The number of anilines is 1. The molecule has 28 heavy (non-hydrogen) atoms. The van der Waals surface area contributed by atoms with Crippen LogP contribution < -0.4 is 15.4 Å². The van der Waals surface area contributed by atoms with Gasteiger partial charge in [-0.3, -0.25) is 9.59 Å². The number of aliphatic hydroxyl groups excluding tert-OH is 1. The van der Waals surface area contributed by atoms with Crippen LogP contribution in [0.15, 0.2) is 53.2 Å². The lowest BCUT2D eigenvalue weighted by Gasteiger charge is -2.11. The maximum absolute atomic E-state index is 12.1. The number of thiophene rings is 2. The van der Waals surface area contributed by atoms with E-state index in [2.05, 4.69) is 10.6 Å². The van der Waals surface area contributed by atoms with E-state index in [4.69, 9.17) is 4.74 Å². The van der Waals surface area contributed by atoms with Gasteiger partial charge in [-0.15, -0.1) is 11.3 Å². The highest BCUT2D eigenvalue weighted by molar-refractivity contribution is 7.12. The molecule has 1 unspecified atom stereocenters. The minimum absolute atomic E-state index is 0.209. The van der Waals surface area contributed by atoms with E-state index in [-0.39, 0.29) is 6.54 Å². The second-order valence-electron chi connectivity index (χ2n) is 5.83. The van der Waals surface area contributed by atoms with Crippen LogP contribution in [0.3, 0.4) is 0 Å². The molecule has 3 N–H and O–H groups in total. The molecule has 8 heteroatoms. The lowest BCUT2D eigenvalue weighted by molar-refractivity contribution is -0.136. The monoisotopic (exact) mass is 416 g/mol. The Morgan fingerprint density at radius 3 is 2.71 bits per heavy atom. The molecule has 0 saturated heterocycles. The van der Waals surface area contributed by atoms with E-state index < -0.39 is 17.9 Å². The van der Waals surface area contributed by atoms with Gasteiger partial charge in [0.05, 0.1) is 18.8 Å². The van der Waals surface area contributed by atoms with E-state index in [1.807, 2.05) is 35.9 Å². The summed E-state index contributed by atoms with van der Waals surface area (Å²) in [4.78, 5) is 25.9. The van der Waals surface area contributed by atoms with E-state index in [1.54, 1.807) is 24.3 Å². The summed E-state index contributed by atoms with van der Waals surface area (Å²) in [5.74, 6) is -0.988. The van der Waals surface area contributed by atoms with Crippen LogP contribution in [0.4, 0.5) is 5.69 Å². The van der Waals surface area contributed by atoms with E-state index in [9.17, 15) is 14.7 Å². The zero-order valence-electron chi connectivity index (χ0n) is 15.2. The van der Waals surface area contributed by atoms with Crippen LogP contribution in [-0.4, -0.2) is 23.5 Å². The number of para-hydroxylation sites is 2. The Labute approximate surface area is 170 Å². The number of carbonyl (C=O) groups is 2. The van der Waals surface area contributed by atoms with Gasteiger partial charge in [-0.2, -0.15) is 11.3 Å². The quantitative estimate of drug-likeness (QED) is 0.514. The smallest absolute Gasteiger partial charge is 0.313 e. The molecule has 0 aliphatic heterocycles. The maximum atomic E-state index is 12.1. The first-order valence-electron chi connectivity index (χ1n) is 8.68. The minimum Gasteiger partial charge on any atom is -0.492 e. The van der Waals surface area contributed by atoms with Crippen molar-refractivity contribution >= 4 is 40.2 Å². The van der Waals surface area contributed by atoms with Crippen molar-refractivity contribution in [2.24, 2.45) is 0 Å². The van der Waals surface area contributed by atoms with Gasteiger partial charge in [0, 0.05) is 9.75 Å². The number of aliphatic hydroxyl groups is 1. The molecule has 146 valence electrons. The van der Waals surface area contributed by atoms with Gasteiger partial charge in [-0.1, -0.05) is 12.1 Å². The molecule has 0 saturated carbocycles. The summed E-state index contributed by atoms with van der Waals surface area (Å²) < 4.78 is 5.43. The molecule has 3 aromatic rings. The zero-order chi connectivity index (χ0) is 19.9. The van der Waals surface area contributed by atoms with E-state index >= 15 is 0 Å². The predicted molar refractivity (Wildman–Crippen MR) is 111 cm³/mol. The Morgan fingerprint density at radius 2 is 1.96 bits per heavy atom. The van der Waals surface area contributed by atoms with Crippen LogP contribution in [0.5, 0.6) is 5.75 Å². The normalized spacial score (nSPS) is 11.6. The molecule has 2 aromatic heterocycles. The Hall–Kier alpha value is -2.68. The van der Waals surface area contributed by atoms with Crippen LogP contribution in [0.2, 0.25) is 0 Å². The third kappa shape index (κ3) is 4.98. The molecular formula is C20H20N2O4S2. The molecule has 0 spiro atoms. The number of hydrogen-bond acceptors (Lipinski definition) is 6. The Balaban J connectivity index is 1.55. The largest absolute Gasteiger partial charge is 0.492 e. The minimum atomic E-state index is -0.762. The summed E-state index contributed by atoms with van der Waals surface area (Å²) in [6.07, 6.45) is -0.681. The van der Waals surface area contributed by atoms with Gasteiger partial charge in [-0.05, 0) is 53.6 Å². The van der Waals surface area contributed by atoms with Crippen molar-refractivity contribution in [1.29, 1.82) is 0 Å². The lowest BCUT2D eigenvalue weighted by Crippen LogP contribution is -2.34. The molecule has 0 aliphatic carbocycles. The van der Waals surface area contributed by atoms with Crippen LogP contribution in [0.1, 0.15) is 28.3 Å². The van der Waals surface area contributed by atoms with Crippen molar-refractivity contribution < 1.29 is 19.4 Å². The summed E-state index contributed by atoms with van der Waals surface area (Å²) in [5, 5.41) is 19.3. The number of benzene rings is 1. The van der Waals surface area contributed by atoms with Gasteiger partial charge in [0.25, 0.3) is 0 Å². The number of nitrogens with one attached hydrogen (secondary N) is 2. The fourth-order valence-corrected chi connectivity index (χ4v) is 4.16. The van der Waals surface area contributed by atoms with Gasteiger partial charge in [0.15, 0.2) is 0 Å². The Bertz CT molecular complexity index is 937. The number of amides is 2. The molecule has 2 heterocycles. The summed E-state index contributed by atoms with van der Waals surface area (Å²) in [5.41, 5.74) is 1.29. The first kappa shape index (κ1) is 20.1. The number of carbonyl (C=O) groups excluding carboxylic acids is 2. The third-order valence-electron chi connectivity index (χ3n) is 3.88. The SMILES string of the molecule is CCOc1ccccc1NC(=O)C(=O)NCc1ccc(C(O)c2ccsc2)s1. The van der Waals surface area contributed by atoms with Crippen LogP contribution in [-0.2, 0) is 16.1 Å². The summed E-state index contributed by atoms with van der Waals surface area (Å²) >= 11 is 2.92. The number of rotatable bonds is 7. The van der Waals surface area contributed by atoms with E-state index in [0.717, 1.165) is 15.3 Å². The Kier molecular flexibility index (Phi) is 6.80. The zero-order valence-corrected chi connectivity index (χ0v) is 16.8. The molecule has 2 amide bonds.